The standard InChI is InChI=1S/C16H26N2O/c1-5-18(6-2)12-11-16(19)17-15-9-7-14(8-10-15)13(3)4/h7-10,13H,5-6,11-12H2,1-4H3,(H,17,19). The highest BCUT2D eigenvalue weighted by Gasteiger charge is 2.06. The molecule has 0 heterocycles. The van der Waals surface area contributed by atoms with Crippen molar-refractivity contribution in [3.05, 3.63) is 29.8 Å². The molecule has 1 N–H and O–H groups in total. The summed E-state index contributed by atoms with van der Waals surface area (Å²) in [5.41, 5.74) is 2.18. The van der Waals surface area contributed by atoms with Gasteiger partial charge in [-0.15, -0.1) is 0 Å². The van der Waals surface area contributed by atoms with Crippen LogP contribution in [0.2, 0.25) is 0 Å². The third-order valence-electron chi connectivity index (χ3n) is 3.41. The van der Waals surface area contributed by atoms with Crippen LogP contribution in [0.4, 0.5) is 5.69 Å². The van der Waals surface area contributed by atoms with Gasteiger partial charge < -0.3 is 10.2 Å². The summed E-state index contributed by atoms with van der Waals surface area (Å²) in [6.07, 6.45) is 0.549. The first-order valence-corrected chi connectivity index (χ1v) is 7.19. The van der Waals surface area contributed by atoms with Gasteiger partial charge in [-0.1, -0.05) is 39.8 Å². The lowest BCUT2D eigenvalue weighted by Gasteiger charge is -2.17. The van der Waals surface area contributed by atoms with E-state index in [1.165, 1.54) is 5.56 Å². The first-order chi connectivity index (χ1) is 9.06. The fourth-order valence-corrected chi connectivity index (χ4v) is 1.97. The number of nitrogens with zero attached hydrogens (tertiary/aromatic N) is 1. The molecule has 0 aliphatic rings. The number of benzene rings is 1. The Kier molecular flexibility index (Phi) is 6.57. The number of hydrogen-bond acceptors (Lipinski definition) is 2. The van der Waals surface area contributed by atoms with E-state index in [2.05, 4.69) is 50.0 Å². The molecule has 1 amide bonds. The first kappa shape index (κ1) is 15.7. The lowest BCUT2D eigenvalue weighted by molar-refractivity contribution is -0.116. The molecule has 19 heavy (non-hydrogen) atoms. The molecule has 1 aromatic carbocycles. The summed E-state index contributed by atoms with van der Waals surface area (Å²) in [7, 11) is 0. The van der Waals surface area contributed by atoms with Gasteiger partial charge in [0.25, 0.3) is 0 Å². The number of carbonyl (C=O) groups is 1. The van der Waals surface area contributed by atoms with Crippen LogP contribution in [-0.2, 0) is 4.79 Å². The van der Waals surface area contributed by atoms with Crippen LogP contribution >= 0.6 is 0 Å². The van der Waals surface area contributed by atoms with Gasteiger partial charge in [0.15, 0.2) is 0 Å². The van der Waals surface area contributed by atoms with Crippen LogP contribution in [0, 0.1) is 0 Å². The molecule has 0 bridgehead atoms. The molecule has 0 radical (unpaired) electrons. The van der Waals surface area contributed by atoms with Crippen molar-refractivity contribution in [2.24, 2.45) is 0 Å². The summed E-state index contributed by atoms with van der Waals surface area (Å²) >= 11 is 0. The summed E-state index contributed by atoms with van der Waals surface area (Å²) in [5.74, 6) is 0.608. The van der Waals surface area contributed by atoms with Gasteiger partial charge in [-0.2, -0.15) is 0 Å². The Hall–Kier alpha value is -1.35. The van der Waals surface area contributed by atoms with Gasteiger partial charge >= 0.3 is 0 Å². The van der Waals surface area contributed by atoms with E-state index in [4.69, 9.17) is 0 Å². The molecule has 0 unspecified atom stereocenters. The fourth-order valence-electron chi connectivity index (χ4n) is 1.97. The van der Waals surface area contributed by atoms with E-state index >= 15 is 0 Å². The fraction of sp³-hybridized carbons (Fsp3) is 0.562. The summed E-state index contributed by atoms with van der Waals surface area (Å²) in [6.45, 7) is 11.4. The Morgan fingerprint density at radius 3 is 2.21 bits per heavy atom. The third kappa shape index (κ3) is 5.43. The molecule has 3 nitrogen and oxygen atoms in total. The third-order valence-corrected chi connectivity index (χ3v) is 3.41. The van der Waals surface area contributed by atoms with Gasteiger partial charge in [0.1, 0.15) is 0 Å². The number of amides is 1. The Morgan fingerprint density at radius 2 is 1.74 bits per heavy atom. The predicted octanol–water partition coefficient (Wildman–Crippen LogP) is 3.48. The van der Waals surface area contributed by atoms with Crippen molar-refractivity contribution < 1.29 is 4.79 Å². The van der Waals surface area contributed by atoms with Gasteiger partial charge in [0.05, 0.1) is 0 Å². The molecule has 0 spiro atoms. The molecule has 3 heteroatoms. The molecule has 1 rings (SSSR count). The van der Waals surface area contributed by atoms with Crippen LogP contribution in [0.15, 0.2) is 24.3 Å². The average molecular weight is 262 g/mol. The zero-order chi connectivity index (χ0) is 14.3. The van der Waals surface area contributed by atoms with Crippen LogP contribution < -0.4 is 5.32 Å². The lowest BCUT2D eigenvalue weighted by atomic mass is 10.0. The zero-order valence-electron chi connectivity index (χ0n) is 12.6. The number of anilines is 1. The van der Waals surface area contributed by atoms with E-state index in [1.54, 1.807) is 0 Å². The van der Waals surface area contributed by atoms with Crippen LogP contribution in [-0.4, -0.2) is 30.4 Å². The van der Waals surface area contributed by atoms with E-state index in [-0.39, 0.29) is 5.91 Å². The largest absolute Gasteiger partial charge is 0.326 e. The molecule has 0 aliphatic carbocycles. The van der Waals surface area contributed by atoms with E-state index in [9.17, 15) is 4.79 Å². The van der Waals surface area contributed by atoms with E-state index in [0.29, 0.717) is 12.3 Å². The van der Waals surface area contributed by atoms with Gasteiger partial charge in [-0.25, -0.2) is 0 Å². The van der Waals surface area contributed by atoms with Crippen molar-refractivity contribution in [1.82, 2.24) is 4.90 Å². The maximum absolute atomic E-state index is 11.8. The van der Waals surface area contributed by atoms with Crippen LogP contribution in [0.1, 0.15) is 45.6 Å². The van der Waals surface area contributed by atoms with Crippen molar-refractivity contribution in [3.8, 4) is 0 Å². The number of carbonyl (C=O) groups excluding carboxylic acids is 1. The van der Waals surface area contributed by atoms with Gasteiger partial charge in [0, 0.05) is 18.7 Å². The molecule has 0 atom stereocenters. The summed E-state index contributed by atoms with van der Waals surface area (Å²) in [4.78, 5) is 14.1. The summed E-state index contributed by atoms with van der Waals surface area (Å²) in [6, 6.07) is 8.10. The SMILES string of the molecule is CCN(CC)CCC(=O)Nc1ccc(C(C)C)cc1. The predicted molar refractivity (Wildman–Crippen MR) is 81.6 cm³/mol. The van der Waals surface area contributed by atoms with Crippen molar-refractivity contribution in [1.29, 1.82) is 0 Å². The van der Waals surface area contributed by atoms with Crippen molar-refractivity contribution in [2.75, 3.05) is 25.0 Å². The Bertz CT molecular complexity index is 380. The molecule has 0 aliphatic heterocycles. The quantitative estimate of drug-likeness (QED) is 0.816. The van der Waals surface area contributed by atoms with Crippen molar-refractivity contribution in [3.63, 3.8) is 0 Å². The second kappa shape index (κ2) is 7.95. The molecule has 0 aromatic heterocycles. The molecule has 0 fully saturated rings. The zero-order valence-corrected chi connectivity index (χ0v) is 12.6. The highest BCUT2D eigenvalue weighted by atomic mass is 16.1. The van der Waals surface area contributed by atoms with Gasteiger partial charge in [0.2, 0.25) is 5.91 Å². The van der Waals surface area contributed by atoms with Crippen LogP contribution in [0.25, 0.3) is 0 Å². The van der Waals surface area contributed by atoms with Crippen molar-refractivity contribution >= 4 is 11.6 Å². The number of hydrogen-bond donors (Lipinski definition) is 1. The van der Waals surface area contributed by atoms with Crippen LogP contribution in [0.5, 0.6) is 0 Å². The van der Waals surface area contributed by atoms with E-state index < -0.39 is 0 Å². The first-order valence-electron chi connectivity index (χ1n) is 7.19. The molecule has 1 aromatic rings. The maximum Gasteiger partial charge on any atom is 0.225 e. The number of rotatable bonds is 7. The summed E-state index contributed by atoms with van der Waals surface area (Å²) in [5, 5.41) is 2.95. The minimum atomic E-state index is 0.0872. The van der Waals surface area contributed by atoms with E-state index in [0.717, 1.165) is 25.3 Å². The number of nitrogens with one attached hydrogen (secondary N) is 1. The average Bonchev–Trinajstić information content (AvgIpc) is 2.40. The lowest BCUT2D eigenvalue weighted by Crippen LogP contribution is -2.27. The summed E-state index contributed by atoms with van der Waals surface area (Å²) < 4.78 is 0. The maximum atomic E-state index is 11.8. The van der Waals surface area contributed by atoms with E-state index in [1.807, 2.05) is 12.1 Å². The molecular formula is C16H26N2O. The Morgan fingerprint density at radius 1 is 1.16 bits per heavy atom. The normalized spacial score (nSPS) is 11.1. The minimum absolute atomic E-state index is 0.0872. The van der Waals surface area contributed by atoms with Crippen LogP contribution in [0.3, 0.4) is 0 Å². The minimum Gasteiger partial charge on any atom is -0.326 e. The van der Waals surface area contributed by atoms with Gasteiger partial charge in [-0.3, -0.25) is 4.79 Å². The Balaban J connectivity index is 2.44. The second-order valence-electron chi connectivity index (χ2n) is 5.10. The Labute approximate surface area is 117 Å². The smallest absolute Gasteiger partial charge is 0.225 e. The second-order valence-corrected chi connectivity index (χ2v) is 5.10. The molecule has 0 saturated carbocycles. The highest BCUT2D eigenvalue weighted by molar-refractivity contribution is 5.90. The van der Waals surface area contributed by atoms with Crippen molar-refractivity contribution in [2.45, 2.75) is 40.0 Å². The molecule has 106 valence electrons. The molecule has 0 saturated heterocycles. The topological polar surface area (TPSA) is 32.3 Å². The van der Waals surface area contributed by atoms with Gasteiger partial charge in [-0.05, 0) is 36.7 Å². The molecular weight excluding hydrogens is 236 g/mol. The monoisotopic (exact) mass is 262 g/mol. The highest BCUT2D eigenvalue weighted by Crippen LogP contribution is 2.17.